The SMILES string of the molecule is CCO[Si](CCc1cc(C)c(C)cc1OC)(OCC)OCC. The third-order valence-electron chi connectivity index (χ3n) is 3.69. The van der Waals surface area contributed by atoms with E-state index in [0.29, 0.717) is 19.8 Å². The van der Waals surface area contributed by atoms with Gasteiger partial charge < -0.3 is 18.0 Å². The summed E-state index contributed by atoms with van der Waals surface area (Å²) < 4.78 is 23.3. The van der Waals surface area contributed by atoms with Gasteiger partial charge in [0.1, 0.15) is 5.75 Å². The summed E-state index contributed by atoms with van der Waals surface area (Å²) in [6.45, 7) is 12.0. The van der Waals surface area contributed by atoms with Gasteiger partial charge in [-0.05, 0) is 63.8 Å². The number of hydrogen-bond donors (Lipinski definition) is 0. The molecule has 0 radical (unpaired) electrons. The zero-order valence-corrected chi connectivity index (χ0v) is 15.8. The molecule has 0 unspecified atom stereocenters. The average Bonchev–Trinajstić information content (AvgIpc) is 2.49. The van der Waals surface area contributed by atoms with Crippen molar-refractivity contribution in [2.45, 2.75) is 47.1 Å². The molecule has 0 aromatic heterocycles. The summed E-state index contributed by atoms with van der Waals surface area (Å²) in [7, 11) is -0.886. The standard InChI is InChI=1S/C17H30O4Si/c1-7-19-22(20-8-2,21-9-3)11-10-16-12-14(4)15(5)13-17(16)18-6/h12-13H,7-11H2,1-6H3. The Morgan fingerprint density at radius 2 is 1.36 bits per heavy atom. The van der Waals surface area contributed by atoms with Gasteiger partial charge in [0.2, 0.25) is 0 Å². The molecule has 126 valence electrons. The fraction of sp³-hybridized carbons (Fsp3) is 0.647. The summed E-state index contributed by atoms with van der Waals surface area (Å²) >= 11 is 0. The minimum Gasteiger partial charge on any atom is -0.496 e. The molecule has 0 fully saturated rings. The van der Waals surface area contributed by atoms with Gasteiger partial charge in [-0.15, -0.1) is 0 Å². The van der Waals surface area contributed by atoms with Crippen LogP contribution in [-0.2, 0) is 19.7 Å². The normalized spacial score (nSPS) is 11.7. The summed E-state index contributed by atoms with van der Waals surface area (Å²) in [5, 5.41) is 0. The van der Waals surface area contributed by atoms with Gasteiger partial charge >= 0.3 is 8.80 Å². The number of benzene rings is 1. The van der Waals surface area contributed by atoms with Crippen LogP contribution < -0.4 is 4.74 Å². The van der Waals surface area contributed by atoms with E-state index < -0.39 is 8.80 Å². The van der Waals surface area contributed by atoms with Crippen molar-refractivity contribution in [2.75, 3.05) is 26.9 Å². The summed E-state index contributed by atoms with van der Waals surface area (Å²) in [4.78, 5) is 0. The van der Waals surface area contributed by atoms with Crippen LogP contribution >= 0.6 is 0 Å². The molecule has 0 aliphatic carbocycles. The van der Waals surface area contributed by atoms with Gasteiger partial charge in [0, 0.05) is 25.9 Å². The molecule has 0 heterocycles. The van der Waals surface area contributed by atoms with E-state index in [-0.39, 0.29) is 0 Å². The van der Waals surface area contributed by atoms with E-state index in [9.17, 15) is 0 Å². The fourth-order valence-electron chi connectivity index (χ4n) is 2.52. The molecular weight excluding hydrogens is 296 g/mol. The Morgan fingerprint density at radius 1 is 0.864 bits per heavy atom. The lowest BCUT2D eigenvalue weighted by Crippen LogP contribution is -2.46. The lowest BCUT2D eigenvalue weighted by Gasteiger charge is -2.28. The van der Waals surface area contributed by atoms with Crippen LogP contribution in [0.4, 0.5) is 0 Å². The molecule has 0 saturated heterocycles. The Morgan fingerprint density at radius 3 is 1.82 bits per heavy atom. The van der Waals surface area contributed by atoms with Crippen LogP contribution in [0.2, 0.25) is 6.04 Å². The number of aryl methyl sites for hydroxylation is 3. The van der Waals surface area contributed by atoms with E-state index in [2.05, 4.69) is 26.0 Å². The van der Waals surface area contributed by atoms with Crippen molar-refractivity contribution >= 4 is 8.80 Å². The third kappa shape index (κ3) is 5.09. The Kier molecular flexibility index (Phi) is 8.10. The van der Waals surface area contributed by atoms with Crippen molar-refractivity contribution in [2.24, 2.45) is 0 Å². The van der Waals surface area contributed by atoms with Crippen molar-refractivity contribution in [3.8, 4) is 5.75 Å². The lowest BCUT2D eigenvalue weighted by atomic mass is 10.0. The zero-order chi connectivity index (χ0) is 16.6. The fourth-order valence-corrected chi connectivity index (χ4v) is 5.10. The summed E-state index contributed by atoms with van der Waals surface area (Å²) in [6, 6.07) is 5.05. The van der Waals surface area contributed by atoms with E-state index >= 15 is 0 Å². The van der Waals surface area contributed by atoms with Crippen molar-refractivity contribution in [3.63, 3.8) is 0 Å². The Bertz CT molecular complexity index is 445. The smallest absolute Gasteiger partial charge is 0.496 e. The first-order chi connectivity index (χ1) is 10.5. The quantitative estimate of drug-likeness (QED) is 0.611. The Hall–Kier alpha value is -0.883. The van der Waals surface area contributed by atoms with Gasteiger partial charge in [-0.1, -0.05) is 6.07 Å². The molecule has 4 nitrogen and oxygen atoms in total. The van der Waals surface area contributed by atoms with Crippen LogP contribution in [0.5, 0.6) is 5.75 Å². The lowest BCUT2D eigenvalue weighted by molar-refractivity contribution is 0.0714. The molecule has 0 bridgehead atoms. The largest absolute Gasteiger partial charge is 0.501 e. The molecule has 5 heteroatoms. The van der Waals surface area contributed by atoms with Crippen LogP contribution in [0, 0.1) is 13.8 Å². The van der Waals surface area contributed by atoms with Gasteiger partial charge in [0.05, 0.1) is 7.11 Å². The minimum absolute atomic E-state index is 0.607. The second kappa shape index (κ2) is 9.30. The zero-order valence-electron chi connectivity index (χ0n) is 14.8. The molecule has 0 aliphatic rings. The van der Waals surface area contributed by atoms with Crippen molar-refractivity contribution in [1.29, 1.82) is 0 Å². The van der Waals surface area contributed by atoms with Crippen molar-refractivity contribution in [3.05, 3.63) is 28.8 Å². The van der Waals surface area contributed by atoms with Crippen molar-refractivity contribution < 1.29 is 18.0 Å². The predicted octanol–water partition coefficient (Wildman–Crippen LogP) is 3.90. The maximum Gasteiger partial charge on any atom is 0.501 e. The topological polar surface area (TPSA) is 36.9 Å². The molecule has 0 spiro atoms. The first-order valence-corrected chi connectivity index (χ1v) is 10.0. The summed E-state index contributed by atoms with van der Waals surface area (Å²) in [5.74, 6) is 0.926. The highest BCUT2D eigenvalue weighted by Gasteiger charge is 2.40. The van der Waals surface area contributed by atoms with Gasteiger partial charge in [-0.3, -0.25) is 0 Å². The van der Waals surface area contributed by atoms with Crippen LogP contribution in [-0.4, -0.2) is 35.7 Å². The van der Waals surface area contributed by atoms with E-state index in [4.69, 9.17) is 18.0 Å². The maximum absolute atomic E-state index is 5.91. The van der Waals surface area contributed by atoms with Gasteiger partial charge in [0.25, 0.3) is 0 Å². The number of hydrogen-bond acceptors (Lipinski definition) is 4. The van der Waals surface area contributed by atoms with Crippen LogP contribution in [0.15, 0.2) is 12.1 Å². The monoisotopic (exact) mass is 326 g/mol. The first-order valence-electron chi connectivity index (χ1n) is 8.07. The van der Waals surface area contributed by atoms with Crippen LogP contribution in [0.1, 0.15) is 37.5 Å². The highest BCUT2D eigenvalue weighted by molar-refractivity contribution is 6.60. The van der Waals surface area contributed by atoms with Gasteiger partial charge in [-0.25, -0.2) is 0 Å². The number of methoxy groups -OCH3 is 1. The van der Waals surface area contributed by atoms with E-state index in [1.165, 1.54) is 16.7 Å². The number of rotatable bonds is 10. The molecule has 0 N–H and O–H groups in total. The molecule has 0 aliphatic heterocycles. The second-order valence-electron chi connectivity index (χ2n) is 5.23. The molecule has 0 saturated carbocycles. The second-order valence-corrected chi connectivity index (χ2v) is 7.96. The first kappa shape index (κ1) is 19.2. The number of ether oxygens (including phenoxy) is 1. The maximum atomic E-state index is 5.91. The van der Waals surface area contributed by atoms with E-state index in [0.717, 1.165) is 18.2 Å². The van der Waals surface area contributed by atoms with E-state index in [1.807, 2.05) is 20.8 Å². The Labute approximate surface area is 136 Å². The van der Waals surface area contributed by atoms with E-state index in [1.54, 1.807) is 7.11 Å². The molecule has 1 aromatic carbocycles. The molecule has 22 heavy (non-hydrogen) atoms. The summed E-state index contributed by atoms with van der Waals surface area (Å²) in [6.07, 6.45) is 0.830. The highest BCUT2D eigenvalue weighted by Crippen LogP contribution is 2.27. The molecule has 0 amide bonds. The molecule has 1 rings (SSSR count). The Balaban J connectivity index is 2.94. The highest BCUT2D eigenvalue weighted by atomic mass is 28.4. The van der Waals surface area contributed by atoms with Gasteiger partial charge in [-0.2, -0.15) is 0 Å². The minimum atomic E-state index is -2.60. The molecule has 1 aromatic rings. The molecular formula is C17H30O4Si. The van der Waals surface area contributed by atoms with Gasteiger partial charge in [0.15, 0.2) is 0 Å². The molecule has 0 atom stereocenters. The van der Waals surface area contributed by atoms with Crippen LogP contribution in [0.3, 0.4) is 0 Å². The predicted molar refractivity (Wildman–Crippen MR) is 91.6 cm³/mol. The third-order valence-corrected chi connectivity index (χ3v) is 6.74. The average molecular weight is 327 g/mol. The van der Waals surface area contributed by atoms with Crippen LogP contribution in [0.25, 0.3) is 0 Å². The van der Waals surface area contributed by atoms with Crippen molar-refractivity contribution in [1.82, 2.24) is 0 Å². The summed E-state index contributed by atoms with van der Waals surface area (Å²) in [5.41, 5.74) is 3.69.